The van der Waals surface area contributed by atoms with Crippen molar-refractivity contribution in [1.29, 1.82) is 0 Å². The molecule has 0 radical (unpaired) electrons. The number of aliphatic hydroxyl groups excluding tert-OH is 1. The van der Waals surface area contributed by atoms with Gasteiger partial charge >= 0.3 is 0 Å². The molecule has 0 aromatic heterocycles. The second kappa shape index (κ2) is 8.64. The predicted molar refractivity (Wildman–Crippen MR) is 58.4 cm³/mol. The number of nitrogens with zero attached hydrogens (tertiary/aromatic N) is 1. The number of methoxy groups -OCH3 is 1. The summed E-state index contributed by atoms with van der Waals surface area (Å²) in [6.45, 7) is 3.20. The monoisotopic (exact) mass is 218 g/mol. The van der Waals surface area contributed by atoms with E-state index < -0.39 is 6.04 Å². The van der Waals surface area contributed by atoms with Gasteiger partial charge in [-0.1, -0.05) is 13.3 Å². The largest absolute Gasteiger partial charge is 0.395 e. The van der Waals surface area contributed by atoms with Crippen LogP contribution in [-0.2, 0) is 9.53 Å². The summed E-state index contributed by atoms with van der Waals surface area (Å²) >= 11 is 0. The molecule has 1 unspecified atom stereocenters. The van der Waals surface area contributed by atoms with Crippen LogP contribution in [0, 0.1) is 0 Å². The van der Waals surface area contributed by atoms with Crippen molar-refractivity contribution < 1.29 is 14.6 Å². The summed E-state index contributed by atoms with van der Waals surface area (Å²) in [5.41, 5.74) is 5.72. The molecule has 0 rings (SSSR count). The highest BCUT2D eigenvalue weighted by Gasteiger charge is 2.19. The number of amides is 1. The maximum atomic E-state index is 11.8. The molecule has 0 saturated carbocycles. The molecule has 5 heteroatoms. The Morgan fingerprint density at radius 1 is 1.53 bits per heavy atom. The minimum Gasteiger partial charge on any atom is -0.395 e. The van der Waals surface area contributed by atoms with Gasteiger partial charge < -0.3 is 20.5 Å². The first-order valence-electron chi connectivity index (χ1n) is 5.31. The van der Waals surface area contributed by atoms with Gasteiger partial charge in [0.25, 0.3) is 0 Å². The van der Waals surface area contributed by atoms with Crippen LogP contribution < -0.4 is 5.73 Å². The van der Waals surface area contributed by atoms with Gasteiger partial charge in [-0.15, -0.1) is 0 Å². The van der Waals surface area contributed by atoms with Crippen molar-refractivity contribution >= 4 is 5.91 Å². The Hall–Kier alpha value is -0.650. The van der Waals surface area contributed by atoms with Crippen molar-refractivity contribution in [3.05, 3.63) is 0 Å². The Kier molecular flexibility index (Phi) is 8.27. The average molecular weight is 218 g/mol. The number of nitrogens with two attached hydrogens (primary N) is 1. The lowest BCUT2D eigenvalue weighted by atomic mass is 10.1. The van der Waals surface area contributed by atoms with E-state index in [-0.39, 0.29) is 12.5 Å². The highest BCUT2D eigenvalue weighted by molar-refractivity contribution is 5.81. The van der Waals surface area contributed by atoms with Crippen LogP contribution in [0.4, 0.5) is 0 Å². The number of aliphatic hydroxyl groups is 1. The van der Waals surface area contributed by atoms with Gasteiger partial charge in [0.2, 0.25) is 5.91 Å². The van der Waals surface area contributed by atoms with Crippen molar-refractivity contribution in [2.75, 3.05) is 33.4 Å². The standard InChI is InChI=1S/C10H22N2O3/c1-3-4-9(11)10(14)12(5-7-13)6-8-15-2/h9,13H,3-8,11H2,1-2H3. The average Bonchev–Trinajstić information content (AvgIpc) is 2.23. The Labute approximate surface area is 91.2 Å². The van der Waals surface area contributed by atoms with Crippen molar-refractivity contribution in [1.82, 2.24) is 4.90 Å². The van der Waals surface area contributed by atoms with Crippen LogP contribution in [0.1, 0.15) is 19.8 Å². The lowest BCUT2D eigenvalue weighted by Crippen LogP contribution is -2.46. The summed E-state index contributed by atoms with van der Waals surface area (Å²) in [5.74, 6) is -0.108. The number of hydrogen-bond acceptors (Lipinski definition) is 4. The molecule has 0 heterocycles. The third kappa shape index (κ3) is 5.71. The van der Waals surface area contributed by atoms with Gasteiger partial charge in [0.1, 0.15) is 0 Å². The Morgan fingerprint density at radius 2 is 2.20 bits per heavy atom. The van der Waals surface area contributed by atoms with E-state index in [4.69, 9.17) is 15.6 Å². The van der Waals surface area contributed by atoms with Crippen LogP contribution in [0.5, 0.6) is 0 Å². The first-order chi connectivity index (χ1) is 7.17. The molecular weight excluding hydrogens is 196 g/mol. The Bertz CT molecular complexity index is 176. The molecule has 0 aliphatic rings. The van der Waals surface area contributed by atoms with Crippen molar-refractivity contribution in [3.63, 3.8) is 0 Å². The topological polar surface area (TPSA) is 75.8 Å². The molecule has 15 heavy (non-hydrogen) atoms. The normalized spacial score (nSPS) is 12.5. The van der Waals surface area contributed by atoms with E-state index in [0.717, 1.165) is 6.42 Å². The zero-order valence-electron chi connectivity index (χ0n) is 9.61. The molecular formula is C10H22N2O3. The van der Waals surface area contributed by atoms with Gasteiger partial charge in [-0.3, -0.25) is 4.79 Å². The molecule has 0 bridgehead atoms. The van der Waals surface area contributed by atoms with Crippen molar-refractivity contribution in [2.24, 2.45) is 5.73 Å². The quantitative estimate of drug-likeness (QED) is 0.580. The Balaban J connectivity index is 4.13. The highest BCUT2D eigenvalue weighted by atomic mass is 16.5. The third-order valence-corrected chi connectivity index (χ3v) is 2.16. The smallest absolute Gasteiger partial charge is 0.239 e. The minimum atomic E-state index is -0.460. The highest BCUT2D eigenvalue weighted by Crippen LogP contribution is 2.00. The van der Waals surface area contributed by atoms with Gasteiger partial charge in [-0.25, -0.2) is 0 Å². The van der Waals surface area contributed by atoms with Gasteiger partial charge in [-0.05, 0) is 6.42 Å². The maximum absolute atomic E-state index is 11.8. The molecule has 90 valence electrons. The summed E-state index contributed by atoms with van der Waals surface area (Å²) in [4.78, 5) is 13.3. The van der Waals surface area contributed by atoms with E-state index in [1.165, 1.54) is 0 Å². The van der Waals surface area contributed by atoms with E-state index in [9.17, 15) is 4.79 Å². The van der Waals surface area contributed by atoms with Gasteiger partial charge in [0.05, 0.1) is 19.3 Å². The fraction of sp³-hybridized carbons (Fsp3) is 0.900. The Morgan fingerprint density at radius 3 is 2.67 bits per heavy atom. The minimum absolute atomic E-state index is 0.0473. The zero-order chi connectivity index (χ0) is 11.7. The number of carbonyl (C=O) groups is 1. The van der Waals surface area contributed by atoms with E-state index in [1.807, 2.05) is 6.92 Å². The van der Waals surface area contributed by atoms with Crippen LogP contribution in [0.25, 0.3) is 0 Å². The molecule has 0 aromatic carbocycles. The fourth-order valence-corrected chi connectivity index (χ4v) is 1.32. The molecule has 0 saturated heterocycles. The summed E-state index contributed by atoms with van der Waals surface area (Å²) in [7, 11) is 1.58. The summed E-state index contributed by atoms with van der Waals surface area (Å²) in [6.07, 6.45) is 1.55. The van der Waals surface area contributed by atoms with E-state index in [0.29, 0.717) is 26.1 Å². The summed E-state index contributed by atoms with van der Waals surface area (Å²) < 4.78 is 4.89. The van der Waals surface area contributed by atoms with Crippen molar-refractivity contribution in [3.8, 4) is 0 Å². The van der Waals surface area contributed by atoms with E-state index in [2.05, 4.69) is 0 Å². The van der Waals surface area contributed by atoms with Gasteiger partial charge in [-0.2, -0.15) is 0 Å². The van der Waals surface area contributed by atoms with Crippen LogP contribution in [0.3, 0.4) is 0 Å². The maximum Gasteiger partial charge on any atom is 0.239 e. The predicted octanol–water partition coefficient (Wildman–Crippen LogP) is -0.419. The first kappa shape index (κ1) is 14.3. The molecule has 0 fully saturated rings. The van der Waals surface area contributed by atoms with E-state index in [1.54, 1.807) is 12.0 Å². The molecule has 5 nitrogen and oxygen atoms in total. The van der Waals surface area contributed by atoms with Crippen LogP contribution in [-0.4, -0.2) is 55.4 Å². The first-order valence-corrected chi connectivity index (χ1v) is 5.31. The fourth-order valence-electron chi connectivity index (χ4n) is 1.32. The molecule has 0 aliphatic heterocycles. The summed E-state index contributed by atoms with van der Waals surface area (Å²) in [6, 6.07) is -0.460. The molecule has 1 amide bonds. The van der Waals surface area contributed by atoms with Gasteiger partial charge in [0, 0.05) is 20.2 Å². The molecule has 1 atom stereocenters. The van der Waals surface area contributed by atoms with Crippen LogP contribution >= 0.6 is 0 Å². The lowest BCUT2D eigenvalue weighted by molar-refractivity contribution is -0.133. The molecule has 0 aromatic rings. The second-order valence-electron chi connectivity index (χ2n) is 3.44. The third-order valence-electron chi connectivity index (χ3n) is 2.16. The molecule has 0 aliphatic carbocycles. The number of carbonyl (C=O) groups excluding carboxylic acids is 1. The number of rotatable bonds is 8. The van der Waals surface area contributed by atoms with E-state index >= 15 is 0 Å². The molecule has 3 N–H and O–H groups in total. The second-order valence-corrected chi connectivity index (χ2v) is 3.44. The number of hydrogen-bond donors (Lipinski definition) is 2. The van der Waals surface area contributed by atoms with Crippen molar-refractivity contribution in [2.45, 2.75) is 25.8 Å². The lowest BCUT2D eigenvalue weighted by Gasteiger charge is -2.24. The zero-order valence-corrected chi connectivity index (χ0v) is 9.61. The SMILES string of the molecule is CCCC(N)C(=O)N(CCO)CCOC. The summed E-state index contributed by atoms with van der Waals surface area (Å²) in [5, 5.41) is 8.82. The number of ether oxygens (including phenoxy) is 1. The van der Waals surface area contributed by atoms with Crippen LogP contribution in [0.15, 0.2) is 0 Å². The van der Waals surface area contributed by atoms with Crippen LogP contribution in [0.2, 0.25) is 0 Å². The van der Waals surface area contributed by atoms with Gasteiger partial charge in [0.15, 0.2) is 0 Å². The molecule has 0 spiro atoms.